The highest BCUT2D eigenvalue weighted by Crippen LogP contribution is 2.35. The molecule has 0 unspecified atom stereocenters. The van der Waals surface area contributed by atoms with Crippen LogP contribution in [0.5, 0.6) is 0 Å². The van der Waals surface area contributed by atoms with E-state index in [0.29, 0.717) is 43.2 Å². The molecule has 0 saturated carbocycles. The van der Waals surface area contributed by atoms with Gasteiger partial charge < -0.3 is 15.0 Å². The molecule has 1 aliphatic rings. The fraction of sp³-hybridized carbons (Fsp3) is 0.400. The van der Waals surface area contributed by atoms with Crippen molar-refractivity contribution in [3.63, 3.8) is 0 Å². The predicted molar refractivity (Wildman–Crippen MR) is 106 cm³/mol. The standard InChI is InChI=1S/C20H20F3N5O3/c1-12-13(2)26-28(19(30)15(12)10-24)11-18(29)25-16-9-14(20(21,22)23)3-4-17(16)27-5-7-31-8-6-27/h3-4,9H,5-8,11H2,1-2H3,(H,25,29). The number of alkyl halides is 3. The highest BCUT2D eigenvalue weighted by atomic mass is 19.4. The SMILES string of the molecule is Cc1nn(CC(=O)Nc2cc(C(F)(F)F)ccc2N2CCOCC2)c(=O)c(C#N)c1C. The molecule has 2 aromatic rings. The number of aryl methyl sites for hydroxylation is 1. The highest BCUT2D eigenvalue weighted by molar-refractivity contribution is 5.94. The number of hydrogen-bond acceptors (Lipinski definition) is 6. The zero-order chi connectivity index (χ0) is 22.8. The lowest BCUT2D eigenvalue weighted by atomic mass is 10.1. The van der Waals surface area contributed by atoms with Crippen molar-refractivity contribution in [1.29, 1.82) is 5.26 Å². The van der Waals surface area contributed by atoms with Crippen molar-refractivity contribution in [2.24, 2.45) is 0 Å². The molecule has 0 aliphatic carbocycles. The van der Waals surface area contributed by atoms with E-state index >= 15 is 0 Å². The zero-order valence-electron chi connectivity index (χ0n) is 16.9. The van der Waals surface area contributed by atoms with Crippen LogP contribution in [-0.2, 0) is 22.3 Å². The Kier molecular flexibility index (Phi) is 6.31. The van der Waals surface area contributed by atoms with Gasteiger partial charge >= 0.3 is 6.18 Å². The van der Waals surface area contributed by atoms with E-state index in [1.165, 1.54) is 6.07 Å². The van der Waals surface area contributed by atoms with Crippen LogP contribution in [0, 0.1) is 25.2 Å². The van der Waals surface area contributed by atoms with Gasteiger partial charge in [-0.25, -0.2) is 4.68 Å². The van der Waals surface area contributed by atoms with Gasteiger partial charge in [-0.3, -0.25) is 9.59 Å². The number of morpholine rings is 1. The third-order valence-corrected chi connectivity index (χ3v) is 4.99. The van der Waals surface area contributed by atoms with E-state index in [0.717, 1.165) is 16.8 Å². The lowest BCUT2D eigenvalue weighted by Crippen LogP contribution is -2.37. The Morgan fingerprint density at radius 3 is 2.58 bits per heavy atom. The Balaban J connectivity index is 1.92. The molecule has 1 saturated heterocycles. The third-order valence-electron chi connectivity index (χ3n) is 4.99. The van der Waals surface area contributed by atoms with Crippen LogP contribution in [0.25, 0.3) is 0 Å². The Morgan fingerprint density at radius 1 is 1.29 bits per heavy atom. The number of anilines is 2. The number of nitriles is 1. The van der Waals surface area contributed by atoms with Crippen molar-refractivity contribution in [1.82, 2.24) is 9.78 Å². The van der Waals surface area contributed by atoms with E-state index < -0.39 is 29.8 Å². The lowest BCUT2D eigenvalue weighted by Gasteiger charge is -2.31. The second-order valence-corrected chi connectivity index (χ2v) is 7.04. The molecule has 164 valence electrons. The number of ether oxygens (including phenoxy) is 1. The number of benzene rings is 1. The number of nitrogens with zero attached hydrogens (tertiary/aromatic N) is 4. The smallest absolute Gasteiger partial charge is 0.378 e. The number of rotatable bonds is 4. The number of amides is 1. The van der Waals surface area contributed by atoms with E-state index in [2.05, 4.69) is 10.4 Å². The largest absolute Gasteiger partial charge is 0.416 e. The number of aromatic nitrogens is 2. The van der Waals surface area contributed by atoms with Gasteiger partial charge in [0.2, 0.25) is 5.91 Å². The molecule has 0 spiro atoms. The normalized spacial score (nSPS) is 14.3. The molecule has 8 nitrogen and oxygen atoms in total. The summed E-state index contributed by atoms with van der Waals surface area (Å²) >= 11 is 0. The number of carbonyl (C=O) groups excluding carboxylic acids is 1. The van der Waals surface area contributed by atoms with E-state index in [4.69, 9.17) is 4.74 Å². The summed E-state index contributed by atoms with van der Waals surface area (Å²) in [5, 5.41) is 15.7. The van der Waals surface area contributed by atoms with E-state index in [1.54, 1.807) is 19.9 Å². The van der Waals surface area contributed by atoms with Crippen LogP contribution in [-0.4, -0.2) is 42.0 Å². The third kappa shape index (κ3) is 4.86. The zero-order valence-corrected chi connectivity index (χ0v) is 16.9. The first-order valence-corrected chi connectivity index (χ1v) is 9.44. The Labute approximate surface area is 175 Å². The van der Waals surface area contributed by atoms with Crippen LogP contribution in [0.3, 0.4) is 0 Å². The molecule has 0 atom stereocenters. The van der Waals surface area contributed by atoms with Crippen LogP contribution < -0.4 is 15.8 Å². The molecule has 1 fully saturated rings. The fourth-order valence-corrected chi connectivity index (χ4v) is 3.23. The summed E-state index contributed by atoms with van der Waals surface area (Å²) in [6.07, 6.45) is -4.59. The van der Waals surface area contributed by atoms with Gasteiger partial charge in [0, 0.05) is 13.1 Å². The van der Waals surface area contributed by atoms with Gasteiger partial charge in [0.1, 0.15) is 18.2 Å². The van der Waals surface area contributed by atoms with Crippen molar-refractivity contribution >= 4 is 17.3 Å². The predicted octanol–water partition coefficient (Wildman–Crippen LogP) is 2.23. The molecule has 2 heterocycles. The number of nitrogens with one attached hydrogen (secondary N) is 1. The van der Waals surface area contributed by atoms with Crippen molar-refractivity contribution in [2.75, 3.05) is 36.5 Å². The average Bonchev–Trinajstić information content (AvgIpc) is 2.72. The minimum absolute atomic E-state index is 0.0286. The molecule has 1 amide bonds. The molecular formula is C20H20F3N5O3. The number of halogens is 3. The molecule has 0 bridgehead atoms. The van der Waals surface area contributed by atoms with Crippen LogP contribution in [0.2, 0.25) is 0 Å². The Hall–Kier alpha value is -3.39. The molecule has 11 heteroatoms. The second-order valence-electron chi connectivity index (χ2n) is 7.04. The van der Waals surface area contributed by atoms with Crippen molar-refractivity contribution in [2.45, 2.75) is 26.6 Å². The molecular weight excluding hydrogens is 415 g/mol. The summed E-state index contributed by atoms with van der Waals surface area (Å²) in [6.45, 7) is 4.35. The highest BCUT2D eigenvalue weighted by Gasteiger charge is 2.32. The number of hydrogen-bond donors (Lipinski definition) is 1. The minimum Gasteiger partial charge on any atom is -0.378 e. The lowest BCUT2D eigenvalue weighted by molar-refractivity contribution is -0.137. The van der Waals surface area contributed by atoms with E-state index in [-0.39, 0.29) is 11.3 Å². The summed E-state index contributed by atoms with van der Waals surface area (Å²) in [6, 6.07) is 4.91. The Morgan fingerprint density at radius 2 is 1.97 bits per heavy atom. The van der Waals surface area contributed by atoms with Gasteiger partial charge in [0.15, 0.2) is 0 Å². The molecule has 0 radical (unpaired) electrons. The van der Waals surface area contributed by atoms with Crippen LogP contribution in [0.1, 0.15) is 22.4 Å². The fourth-order valence-electron chi connectivity index (χ4n) is 3.23. The maximum atomic E-state index is 13.2. The van der Waals surface area contributed by atoms with Gasteiger partial charge in [-0.1, -0.05) is 0 Å². The van der Waals surface area contributed by atoms with Gasteiger partial charge in [-0.15, -0.1) is 0 Å². The minimum atomic E-state index is -4.59. The van der Waals surface area contributed by atoms with Gasteiger partial charge in [-0.05, 0) is 37.6 Å². The Bertz CT molecular complexity index is 1100. The van der Waals surface area contributed by atoms with Crippen molar-refractivity contribution in [3.05, 3.63) is 50.9 Å². The van der Waals surface area contributed by atoms with E-state index in [1.807, 2.05) is 4.90 Å². The van der Waals surface area contributed by atoms with E-state index in [9.17, 15) is 28.0 Å². The molecule has 3 rings (SSSR count). The summed E-state index contributed by atoms with van der Waals surface area (Å²) in [4.78, 5) is 26.8. The summed E-state index contributed by atoms with van der Waals surface area (Å²) in [7, 11) is 0. The summed E-state index contributed by atoms with van der Waals surface area (Å²) < 4.78 is 45.7. The second kappa shape index (κ2) is 8.77. The quantitative estimate of drug-likeness (QED) is 0.791. The summed E-state index contributed by atoms with van der Waals surface area (Å²) in [5.74, 6) is -0.740. The average molecular weight is 435 g/mol. The first-order chi connectivity index (χ1) is 14.6. The maximum Gasteiger partial charge on any atom is 0.416 e. The van der Waals surface area contributed by atoms with Crippen molar-refractivity contribution in [3.8, 4) is 6.07 Å². The van der Waals surface area contributed by atoms with Gasteiger partial charge in [0.25, 0.3) is 5.56 Å². The summed E-state index contributed by atoms with van der Waals surface area (Å²) in [5.41, 5.74) is -0.574. The van der Waals surface area contributed by atoms with Gasteiger partial charge in [0.05, 0.1) is 35.8 Å². The number of carbonyl (C=O) groups is 1. The monoisotopic (exact) mass is 435 g/mol. The van der Waals surface area contributed by atoms with Crippen molar-refractivity contribution < 1.29 is 22.7 Å². The molecule has 31 heavy (non-hydrogen) atoms. The van der Waals surface area contributed by atoms with Crippen LogP contribution in [0.4, 0.5) is 24.5 Å². The molecule has 1 N–H and O–H groups in total. The maximum absolute atomic E-state index is 13.2. The first kappa shape index (κ1) is 22.3. The van der Waals surface area contributed by atoms with Gasteiger partial charge in [-0.2, -0.15) is 23.5 Å². The first-order valence-electron chi connectivity index (χ1n) is 9.44. The van der Waals surface area contributed by atoms with Crippen LogP contribution in [0.15, 0.2) is 23.0 Å². The molecule has 1 aromatic carbocycles. The molecule has 1 aliphatic heterocycles. The molecule has 1 aromatic heterocycles. The van der Waals surface area contributed by atoms with Crippen LogP contribution >= 0.6 is 0 Å². The topological polar surface area (TPSA) is 100 Å².